The van der Waals surface area contributed by atoms with Crippen LogP contribution in [0.3, 0.4) is 0 Å². The van der Waals surface area contributed by atoms with Crippen molar-refractivity contribution in [2.75, 3.05) is 13.2 Å². The molecule has 2 aromatic rings. The second kappa shape index (κ2) is 7.26. The first-order valence-corrected chi connectivity index (χ1v) is 9.54. The second-order valence-electron chi connectivity index (χ2n) is 7.69. The summed E-state index contributed by atoms with van der Waals surface area (Å²) in [5.74, 6) is 0. The van der Waals surface area contributed by atoms with Gasteiger partial charge in [0.25, 0.3) is 0 Å². The first-order valence-electron chi connectivity index (χ1n) is 9.54. The van der Waals surface area contributed by atoms with Gasteiger partial charge in [-0.2, -0.15) is 5.10 Å². The van der Waals surface area contributed by atoms with Crippen LogP contribution < -0.4 is 5.32 Å². The third-order valence-electron chi connectivity index (χ3n) is 6.04. The molecule has 0 unspecified atom stereocenters. The van der Waals surface area contributed by atoms with Crippen molar-refractivity contribution in [3.63, 3.8) is 0 Å². The number of nitrogens with zero attached hydrogens (tertiary/aromatic N) is 2. The lowest BCUT2D eigenvalue weighted by Gasteiger charge is -2.46. The van der Waals surface area contributed by atoms with Crippen LogP contribution in [0.25, 0.3) is 0 Å². The van der Waals surface area contributed by atoms with Crippen LogP contribution in [0.5, 0.6) is 0 Å². The van der Waals surface area contributed by atoms with Crippen molar-refractivity contribution in [2.45, 2.75) is 62.5 Å². The van der Waals surface area contributed by atoms with E-state index in [4.69, 9.17) is 9.72 Å². The maximum Gasteiger partial charge on any atom is 0.0691 e. The van der Waals surface area contributed by atoms with Gasteiger partial charge in [-0.15, -0.1) is 0 Å². The number of pyridine rings is 1. The standard InChI is InChI=1S/C20H28N4O/c1-4-10-22-18(5-1)19(8-11-21-13-17-14-23-24-15-17)9-12-25-20(16-19)6-2-3-7-20/h1,4-5,10,14-15,21H,2-3,6-9,11-13,16H2,(H,23,24)/t19-/m0/s1. The summed E-state index contributed by atoms with van der Waals surface area (Å²) in [5, 5.41) is 10.5. The van der Waals surface area contributed by atoms with Gasteiger partial charge in [0, 0.05) is 42.2 Å². The van der Waals surface area contributed by atoms with E-state index in [9.17, 15) is 0 Å². The molecule has 134 valence electrons. The Balaban J connectivity index is 1.48. The van der Waals surface area contributed by atoms with Gasteiger partial charge in [0.15, 0.2) is 0 Å². The number of rotatable bonds is 6. The summed E-state index contributed by atoms with van der Waals surface area (Å²) >= 11 is 0. The minimum Gasteiger partial charge on any atom is -0.375 e. The summed E-state index contributed by atoms with van der Waals surface area (Å²) in [5.41, 5.74) is 2.67. The Hall–Kier alpha value is -1.72. The van der Waals surface area contributed by atoms with Crippen LogP contribution in [0.1, 0.15) is 56.2 Å². The lowest BCUT2D eigenvalue weighted by atomic mass is 9.68. The topological polar surface area (TPSA) is 62.8 Å². The molecule has 5 heteroatoms. The van der Waals surface area contributed by atoms with E-state index < -0.39 is 0 Å². The second-order valence-corrected chi connectivity index (χ2v) is 7.69. The van der Waals surface area contributed by atoms with E-state index in [2.05, 4.69) is 27.6 Å². The third kappa shape index (κ3) is 3.62. The molecule has 1 atom stereocenters. The van der Waals surface area contributed by atoms with Gasteiger partial charge in [-0.3, -0.25) is 10.1 Å². The molecule has 1 saturated carbocycles. The Morgan fingerprint density at radius 2 is 2.12 bits per heavy atom. The number of nitrogens with one attached hydrogen (secondary N) is 2. The molecule has 5 nitrogen and oxygen atoms in total. The van der Waals surface area contributed by atoms with Gasteiger partial charge in [0.1, 0.15) is 0 Å². The van der Waals surface area contributed by atoms with Crippen molar-refractivity contribution in [1.82, 2.24) is 20.5 Å². The fourth-order valence-electron chi connectivity index (χ4n) is 4.73. The largest absolute Gasteiger partial charge is 0.375 e. The number of ether oxygens (including phenoxy) is 1. The lowest BCUT2D eigenvalue weighted by molar-refractivity contribution is -0.104. The van der Waals surface area contributed by atoms with Crippen LogP contribution in [0.4, 0.5) is 0 Å². The van der Waals surface area contributed by atoms with Crippen LogP contribution in [-0.4, -0.2) is 33.9 Å². The summed E-state index contributed by atoms with van der Waals surface area (Å²) in [7, 11) is 0. The minimum atomic E-state index is 0.0975. The van der Waals surface area contributed by atoms with E-state index in [-0.39, 0.29) is 11.0 Å². The number of hydrogen-bond donors (Lipinski definition) is 2. The molecule has 1 aliphatic heterocycles. The summed E-state index contributed by atoms with van der Waals surface area (Å²) in [6.07, 6.45) is 14.1. The zero-order chi connectivity index (χ0) is 17.0. The summed E-state index contributed by atoms with van der Waals surface area (Å²) in [4.78, 5) is 4.76. The molecular formula is C20H28N4O. The Morgan fingerprint density at radius 1 is 1.20 bits per heavy atom. The monoisotopic (exact) mass is 340 g/mol. The molecule has 1 aliphatic carbocycles. The fraction of sp³-hybridized carbons (Fsp3) is 0.600. The summed E-state index contributed by atoms with van der Waals surface area (Å²) < 4.78 is 6.31. The first-order chi connectivity index (χ1) is 12.3. The van der Waals surface area contributed by atoms with Crippen molar-refractivity contribution in [3.05, 3.63) is 48.0 Å². The van der Waals surface area contributed by atoms with E-state index in [1.165, 1.54) is 36.9 Å². The van der Waals surface area contributed by atoms with Crippen molar-refractivity contribution < 1.29 is 4.74 Å². The molecule has 25 heavy (non-hydrogen) atoms. The van der Waals surface area contributed by atoms with Crippen LogP contribution in [0, 0.1) is 0 Å². The average Bonchev–Trinajstić information content (AvgIpc) is 3.32. The highest BCUT2D eigenvalue weighted by Gasteiger charge is 2.48. The molecule has 1 spiro atoms. The van der Waals surface area contributed by atoms with Crippen molar-refractivity contribution in [1.29, 1.82) is 0 Å². The van der Waals surface area contributed by atoms with Crippen molar-refractivity contribution in [3.8, 4) is 0 Å². The zero-order valence-electron chi connectivity index (χ0n) is 14.8. The zero-order valence-corrected chi connectivity index (χ0v) is 14.8. The van der Waals surface area contributed by atoms with Crippen molar-refractivity contribution in [2.24, 2.45) is 0 Å². The van der Waals surface area contributed by atoms with E-state index in [1.54, 1.807) is 0 Å². The molecule has 2 N–H and O–H groups in total. The highest BCUT2D eigenvalue weighted by atomic mass is 16.5. The van der Waals surface area contributed by atoms with Gasteiger partial charge >= 0.3 is 0 Å². The molecule has 3 heterocycles. The highest BCUT2D eigenvalue weighted by molar-refractivity contribution is 5.20. The first kappa shape index (κ1) is 16.7. The molecule has 0 aromatic carbocycles. The third-order valence-corrected chi connectivity index (χ3v) is 6.04. The maximum atomic E-state index is 6.31. The number of aromatic nitrogens is 3. The average molecular weight is 340 g/mol. The van der Waals surface area contributed by atoms with Crippen LogP contribution >= 0.6 is 0 Å². The van der Waals surface area contributed by atoms with Gasteiger partial charge < -0.3 is 10.1 Å². The van der Waals surface area contributed by atoms with E-state index >= 15 is 0 Å². The highest BCUT2D eigenvalue weighted by Crippen LogP contribution is 2.49. The molecule has 4 rings (SSSR count). The summed E-state index contributed by atoms with van der Waals surface area (Å²) in [6, 6.07) is 6.35. The normalized spacial score (nSPS) is 25.4. The Bertz CT molecular complexity index is 652. The molecule has 2 aliphatic rings. The van der Waals surface area contributed by atoms with Gasteiger partial charge in [-0.05, 0) is 50.8 Å². The summed E-state index contributed by atoms with van der Waals surface area (Å²) in [6.45, 7) is 2.70. The quantitative estimate of drug-likeness (QED) is 0.792. The smallest absolute Gasteiger partial charge is 0.0691 e. The van der Waals surface area contributed by atoms with Gasteiger partial charge in [-0.25, -0.2) is 0 Å². The number of hydrogen-bond acceptors (Lipinski definition) is 4. The van der Waals surface area contributed by atoms with E-state index in [0.717, 1.165) is 39.0 Å². The Kier molecular flexibility index (Phi) is 4.86. The van der Waals surface area contributed by atoms with Gasteiger partial charge in [-0.1, -0.05) is 18.9 Å². The van der Waals surface area contributed by atoms with E-state index in [0.29, 0.717) is 0 Å². The molecule has 2 fully saturated rings. The molecule has 0 radical (unpaired) electrons. The molecule has 1 saturated heterocycles. The Labute approximate surface area is 149 Å². The molecule has 0 amide bonds. The number of H-pyrrole nitrogens is 1. The van der Waals surface area contributed by atoms with Crippen LogP contribution in [0.2, 0.25) is 0 Å². The van der Waals surface area contributed by atoms with Crippen molar-refractivity contribution >= 4 is 0 Å². The van der Waals surface area contributed by atoms with Gasteiger partial charge in [0.05, 0.1) is 11.8 Å². The predicted octanol–water partition coefficient (Wildman–Crippen LogP) is 3.35. The molecule has 2 aromatic heterocycles. The molecular weight excluding hydrogens is 312 g/mol. The van der Waals surface area contributed by atoms with Crippen LogP contribution in [0.15, 0.2) is 36.8 Å². The number of aromatic amines is 1. The fourth-order valence-corrected chi connectivity index (χ4v) is 4.73. The lowest BCUT2D eigenvalue weighted by Crippen LogP contribution is -2.47. The van der Waals surface area contributed by atoms with Crippen LogP contribution in [-0.2, 0) is 16.7 Å². The maximum absolute atomic E-state index is 6.31. The molecule has 0 bridgehead atoms. The SMILES string of the molecule is c1ccc([C@@]2(CCNCc3cn[nH]c3)CCOC3(CCCC3)C2)nc1. The van der Waals surface area contributed by atoms with Gasteiger partial charge in [0.2, 0.25) is 0 Å². The minimum absolute atomic E-state index is 0.0975. The predicted molar refractivity (Wildman–Crippen MR) is 97.2 cm³/mol. The van der Waals surface area contributed by atoms with E-state index in [1.807, 2.05) is 24.7 Å². The Morgan fingerprint density at radius 3 is 2.88 bits per heavy atom.